The van der Waals surface area contributed by atoms with Crippen LogP contribution in [0.2, 0.25) is 0 Å². The minimum Gasteiger partial charge on any atom is -0.382 e. The maximum atomic E-state index is 4.50. The molecule has 0 bridgehead atoms. The summed E-state index contributed by atoms with van der Waals surface area (Å²) in [5, 5.41) is 3.66. The van der Waals surface area contributed by atoms with E-state index in [2.05, 4.69) is 33.9 Å². The molecule has 1 aliphatic carbocycles. The highest BCUT2D eigenvalue weighted by molar-refractivity contribution is 5.68. The number of hydrogen-bond donors (Lipinski definition) is 1. The van der Waals surface area contributed by atoms with Crippen molar-refractivity contribution in [3.63, 3.8) is 0 Å². The molecule has 0 amide bonds. The highest BCUT2D eigenvalue weighted by atomic mass is 15.0. The molecule has 3 heteroatoms. The molecule has 1 fully saturated rings. The predicted octanol–water partition coefficient (Wildman–Crippen LogP) is 6.37. The lowest BCUT2D eigenvalue weighted by atomic mass is 9.90. The SMILES string of the molecule is Cc1cc(NCCC2CCCCCCCCCCC2)c2nccn2c1. The first kappa shape index (κ1) is 18.3. The Kier molecular flexibility index (Phi) is 7.20. The molecule has 0 radical (unpaired) electrons. The molecular weight excluding hydrogens is 306 g/mol. The molecule has 0 spiro atoms. The van der Waals surface area contributed by atoms with Crippen molar-refractivity contribution in [2.24, 2.45) is 5.92 Å². The van der Waals surface area contributed by atoms with E-state index in [0.29, 0.717) is 0 Å². The van der Waals surface area contributed by atoms with Gasteiger partial charge < -0.3 is 9.72 Å². The molecule has 0 unspecified atom stereocenters. The van der Waals surface area contributed by atoms with Crippen molar-refractivity contribution in [1.82, 2.24) is 9.38 Å². The largest absolute Gasteiger partial charge is 0.382 e. The first-order valence-corrected chi connectivity index (χ1v) is 10.5. The van der Waals surface area contributed by atoms with Gasteiger partial charge in [0.2, 0.25) is 0 Å². The Labute approximate surface area is 153 Å². The van der Waals surface area contributed by atoms with Gasteiger partial charge in [0.1, 0.15) is 0 Å². The zero-order chi connectivity index (χ0) is 17.3. The van der Waals surface area contributed by atoms with Crippen molar-refractivity contribution in [2.45, 2.75) is 84.0 Å². The standard InChI is InChI=1S/C22H35N3/c1-19-17-21(22-24-15-16-25(22)18-19)23-14-13-20-11-9-7-5-3-2-4-6-8-10-12-20/h15-18,20,23H,2-14H2,1H3. The molecule has 138 valence electrons. The Morgan fingerprint density at radius 3 is 2.32 bits per heavy atom. The summed E-state index contributed by atoms with van der Waals surface area (Å²) in [7, 11) is 0. The van der Waals surface area contributed by atoms with Gasteiger partial charge in [0.25, 0.3) is 0 Å². The van der Waals surface area contributed by atoms with Crippen molar-refractivity contribution in [3.05, 3.63) is 30.2 Å². The molecule has 0 saturated heterocycles. The normalized spacial score (nSPS) is 18.6. The summed E-state index contributed by atoms with van der Waals surface area (Å²) in [6.07, 6.45) is 23.2. The molecule has 1 saturated carbocycles. The van der Waals surface area contributed by atoms with Crippen molar-refractivity contribution in [2.75, 3.05) is 11.9 Å². The first-order valence-electron chi connectivity index (χ1n) is 10.5. The average molecular weight is 342 g/mol. The molecule has 2 heterocycles. The Morgan fingerprint density at radius 1 is 1.00 bits per heavy atom. The van der Waals surface area contributed by atoms with Gasteiger partial charge in [-0.1, -0.05) is 70.6 Å². The molecule has 2 aromatic rings. The molecule has 0 atom stereocenters. The van der Waals surface area contributed by atoms with Crippen LogP contribution in [0.1, 0.15) is 82.6 Å². The van der Waals surface area contributed by atoms with Crippen LogP contribution in [0, 0.1) is 12.8 Å². The fourth-order valence-electron chi connectivity index (χ4n) is 4.25. The van der Waals surface area contributed by atoms with Gasteiger partial charge >= 0.3 is 0 Å². The second-order valence-electron chi connectivity index (χ2n) is 7.93. The van der Waals surface area contributed by atoms with Crippen LogP contribution in [-0.4, -0.2) is 15.9 Å². The molecule has 0 aromatic carbocycles. The van der Waals surface area contributed by atoms with Crippen molar-refractivity contribution in [3.8, 4) is 0 Å². The molecule has 25 heavy (non-hydrogen) atoms. The van der Waals surface area contributed by atoms with Gasteiger partial charge in [-0.05, 0) is 30.9 Å². The zero-order valence-corrected chi connectivity index (χ0v) is 16.0. The molecule has 0 aliphatic heterocycles. The van der Waals surface area contributed by atoms with Crippen LogP contribution in [0.4, 0.5) is 5.69 Å². The van der Waals surface area contributed by atoms with E-state index >= 15 is 0 Å². The Bertz CT molecular complexity index is 619. The summed E-state index contributed by atoms with van der Waals surface area (Å²) < 4.78 is 2.12. The fraction of sp³-hybridized carbons (Fsp3) is 0.682. The van der Waals surface area contributed by atoms with Gasteiger partial charge in [-0.3, -0.25) is 0 Å². The lowest BCUT2D eigenvalue weighted by molar-refractivity contribution is 0.381. The number of aromatic nitrogens is 2. The van der Waals surface area contributed by atoms with E-state index in [4.69, 9.17) is 0 Å². The Balaban J connectivity index is 1.50. The summed E-state index contributed by atoms with van der Waals surface area (Å²) in [6.45, 7) is 3.22. The van der Waals surface area contributed by atoms with E-state index in [1.165, 1.54) is 88.3 Å². The lowest BCUT2D eigenvalue weighted by Crippen LogP contribution is -2.11. The highest BCUT2D eigenvalue weighted by Crippen LogP contribution is 2.24. The highest BCUT2D eigenvalue weighted by Gasteiger charge is 2.10. The topological polar surface area (TPSA) is 29.3 Å². The van der Waals surface area contributed by atoms with Gasteiger partial charge in [-0.25, -0.2) is 4.98 Å². The van der Waals surface area contributed by atoms with Crippen molar-refractivity contribution < 1.29 is 0 Å². The summed E-state index contributed by atoms with van der Waals surface area (Å²) in [4.78, 5) is 4.50. The van der Waals surface area contributed by atoms with Gasteiger partial charge in [0.15, 0.2) is 5.65 Å². The predicted molar refractivity (Wildman–Crippen MR) is 107 cm³/mol. The van der Waals surface area contributed by atoms with Gasteiger partial charge in [0, 0.05) is 25.1 Å². The number of hydrogen-bond acceptors (Lipinski definition) is 2. The summed E-state index contributed by atoms with van der Waals surface area (Å²) >= 11 is 0. The number of anilines is 1. The number of pyridine rings is 1. The number of rotatable bonds is 4. The van der Waals surface area contributed by atoms with E-state index < -0.39 is 0 Å². The van der Waals surface area contributed by atoms with Crippen LogP contribution < -0.4 is 5.32 Å². The van der Waals surface area contributed by atoms with Crippen LogP contribution in [-0.2, 0) is 0 Å². The zero-order valence-electron chi connectivity index (χ0n) is 16.0. The molecule has 2 aromatic heterocycles. The van der Waals surface area contributed by atoms with E-state index in [1.807, 2.05) is 12.4 Å². The van der Waals surface area contributed by atoms with Crippen LogP contribution in [0.3, 0.4) is 0 Å². The molecule has 3 nitrogen and oxygen atoms in total. The summed E-state index contributed by atoms with van der Waals surface area (Å²) in [5.41, 5.74) is 3.50. The van der Waals surface area contributed by atoms with Crippen LogP contribution in [0.25, 0.3) is 5.65 Å². The minimum atomic E-state index is 0.896. The molecule has 1 aliphatic rings. The van der Waals surface area contributed by atoms with Crippen molar-refractivity contribution >= 4 is 11.3 Å². The monoisotopic (exact) mass is 341 g/mol. The fourth-order valence-corrected chi connectivity index (χ4v) is 4.25. The van der Waals surface area contributed by atoms with Gasteiger partial charge in [0.05, 0.1) is 5.69 Å². The van der Waals surface area contributed by atoms with Gasteiger partial charge in [-0.15, -0.1) is 0 Å². The number of nitrogens with zero attached hydrogens (tertiary/aromatic N) is 2. The van der Waals surface area contributed by atoms with E-state index in [-0.39, 0.29) is 0 Å². The second-order valence-corrected chi connectivity index (χ2v) is 7.93. The third kappa shape index (κ3) is 5.76. The van der Waals surface area contributed by atoms with E-state index in [9.17, 15) is 0 Å². The second kappa shape index (κ2) is 9.84. The Hall–Kier alpha value is -1.51. The smallest absolute Gasteiger partial charge is 0.160 e. The van der Waals surface area contributed by atoms with Crippen molar-refractivity contribution in [1.29, 1.82) is 0 Å². The maximum absolute atomic E-state index is 4.50. The summed E-state index contributed by atoms with van der Waals surface area (Å²) in [6, 6.07) is 2.23. The number of nitrogens with one attached hydrogen (secondary N) is 1. The first-order chi connectivity index (χ1) is 12.3. The minimum absolute atomic E-state index is 0.896. The molecular formula is C22H35N3. The Morgan fingerprint density at radius 2 is 1.64 bits per heavy atom. The van der Waals surface area contributed by atoms with E-state index in [1.54, 1.807) is 0 Å². The number of fused-ring (bicyclic) bond motifs is 1. The number of imidazole rings is 1. The molecule has 1 N–H and O–H groups in total. The van der Waals surface area contributed by atoms with Crippen LogP contribution in [0.5, 0.6) is 0 Å². The lowest BCUT2D eigenvalue weighted by Gasteiger charge is -2.19. The molecule has 3 rings (SSSR count). The maximum Gasteiger partial charge on any atom is 0.160 e. The van der Waals surface area contributed by atoms with Crippen LogP contribution in [0.15, 0.2) is 24.7 Å². The third-order valence-corrected chi connectivity index (χ3v) is 5.72. The summed E-state index contributed by atoms with van der Waals surface area (Å²) in [5.74, 6) is 0.896. The number of aryl methyl sites for hydroxylation is 1. The third-order valence-electron chi connectivity index (χ3n) is 5.72. The quantitative estimate of drug-likeness (QED) is 0.700. The average Bonchev–Trinajstić information content (AvgIpc) is 3.05. The van der Waals surface area contributed by atoms with Gasteiger partial charge in [-0.2, -0.15) is 0 Å². The van der Waals surface area contributed by atoms with Crippen LogP contribution >= 0.6 is 0 Å². The van der Waals surface area contributed by atoms with E-state index in [0.717, 1.165) is 18.1 Å².